The summed E-state index contributed by atoms with van der Waals surface area (Å²) in [5, 5.41) is 3.34. The minimum atomic E-state index is 0.271. The van der Waals surface area contributed by atoms with Crippen molar-refractivity contribution in [3.8, 4) is 0 Å². The van der Waals surface area contributed by atoms with Crippen LogP contribution in [0.25, 0.3) is 0 Å². The molecule has 1 aromatic carbocycles. The zero-order valence-corrected chi connectivity index (χ0v) is 15.6. The molecule has 1 aliphatic heterocycles. The molecule has 1 N–H and O–H groups in total. The third-order valence-corrected chi connectivity index (χ3v) is 4.80. The number of rotatable bonds is 7. The maximum Gasteiger partial charge on any atom is 0.223 e. The number of anilines is 1. The van der Waals surface area contributed by atoms with Crippen molar-refractivity contribution in [2.45, 2.75) is 20.3 Å². The molecule has 24 heavy (non-hydrogen) atoms. The third-order valence-electron chi connectivity index (χ3n) is 4.80. The van der Waals surface area contributed by atoms with Crippen LogP contribution in [0, 0.1) is 13.8 Å². The van der Waals surface area contributed by atoms with Gasteiger partial charge in [-0.15, -0.1) is 0 Å². The molecule has 134 valence electrons. The number of amides is 1. The first-order chi connectivity index (χ1) is 11.5. The first-order valence-corrected chi connectivity index (χ1v) is 8.93. The number of hydrogen-bond donors (Lipinski definition) is 1. The number of nitrogens with one attached hydrogen (secondary N) is 1. The number of piperazine rings is 1. The van der Waals surface area contributed by atoms with Gasteiger partial charge in [-0.2, -0.15) is 0 Å². The molecule has 5 nitrogen and oxygen atoms in total. The molecule has 1 amide bonds. The maximum atomic E-state index is 12.3. The Morgan fingerprint density at radius 1 is 1.12 bits per heavy atom. The van der Waals surface area contributed by atoms with Gasteiger partial charge >= 0.3 is 0 Å². The van der Waals surface area contributed by atoms with Crippen molar-refractivity contribution < 1.29 is 4.79 Å². The van der Waals surface area contributed by atoms with E-state index in [4.69, 9.17) is 0 Å². The van der Waals surface area contributed by atoms with Crippen LogP contribution in [0.3, 0.4) is 0 Å². The fourth-order valence-electron chi connectivity index (χ4n) is 3.06. The lowest BCUT2D eigenvalue weighted by atomic mass is 10.1. The van der Waals surface area contributed by atoms with Gasteiger partial charge in [0.05, 0.1) is 0 Å². The quantitative estimate of drug-likeness (QED) is 0.768. The van der Waals surface area contributed by atoms with E-state index in [1.165, 1.54) is 16.8 Å². The van der Waals surface area contributed by atoms with Crippen molar-refractivity contribution in [2.24, 2.45) is 0 Å². The smallest absolute Gasteiger partial charge is 0.223 e. The zero-order valence-electron chi connectivity index (χ0n) is 15.6. The summed E-state index contributed by atoms with van der Waals surface area (Å²) in [7, 11) is 4.12. The lowest BCUT2D eigenvalue weighted by Gasteiger charge is -2.37. The minimum Gasteiger partial charge on any atom is -0.368 e. The molecule has 0 unspecified atom stereocenters. The molecule has 0 aromatic heterocycles. The number of carbonyl (C=O) groups excluding carboxylic acids is 1. The van der Waals surface area contributed by atoms with Gasteiger partial charge in [-0.1, -0.05) is 12.1 Å². The Hall–Kier alpha value is -1.59. The molecule has 2 rings (SSSR count). The Balaban J connectivity index is 1.74. The molecule has 0 aliphatic carbocycles. The summed E-state index contributed by atoms with van der Waals surface area (Å²) < 4.78 is 0. The summed E-state index contributed by atoms with van der Waals surface area (Å²) in [4.78, 5) is 18.9. The second-order valence-electron chi connectivity index (χ2n) is 6.89. The van der Waals surface area contributed by atoms with E-state index >= 15 is 0 Å². The second-order valence-corrected chi connectivity index (χ2v) is 6.89. The molecule has 0 atom stereocenters. The number of likely N-dealkylation sites (N-methyl/N-ethyl adjacent to an activating group) is 1. The monoisotopic (exact) mass is 332 g/mol. The first kappa shape index (κ1) is 18.7. The van der Waals surface area contributed by atoms with E-state index in [0.717, 1.165) is 45.8 Å². The standard InChI is InChI=1S/C19H32N4O/c1-16-6-5-7-18(17(16)2)22-12-14-23(15-13-22)19(24)8-9-20-10-11-21(3)4/h5-7,20H,8-15H2,1-4H3. The fraction of sp³-hybridized carbons (Fsp3) is 0.632. The third kappa shape index (κ3) is 5.21. The summed E-state index contributed by atoms with van der Waals surface area (Å²) in [5.74, 6) is 0.271. The van der Waals surface area contributed by atoms with Gasteiger partial charge in [0.1, 0.15) is 0 Å². The molecule has 1 heterocycles. The highest BCUT2D eigenvalue weighted by Gasteiger charge is 2.21. The van der Waals surface area contributed by atoms with Crippen LogP contribution < -0.4 is 10.2 Å². The molecule has 1 saturated heterocycles. The van der Waals surface area contributed by atoms with Crippen molar-refractivity contribution >= 4 is 11.6 Å². The molecule has 5 heteroatoms. The lowest BCUT2D eigenvalue weighted by molar-refractivity contribution is -0.131. The van der Waals surface area contributed by atoms with E-state index in [-0.39, 0.29) is 5.91 Å². The highest BCUT2D eigenvalue weighted by atomic mass is 16.2. The van der Waals surface area contributed by atoms with Crippen LogP contribution in [0.15, 0.2) is 18.2 Å². The summed E-state index contributed by atoms with van der Waals surface area (Å²) in [6.07, 6.45) is 0.594. The normalized spacial score (nSPS) is 15.2. The van der Waals surface area contributed by atoms with Crippen molar-refractivity contribution in [2.75, 3.05) is 64.8 Å². The maximum absolute atomic E-state index is 12.3. The molecule has 0 radical (unpaired) electrons. The van der Waals surface area contributed by atoms with Crippen molar-refractivity contribution in [3.05, 3.63) is 29.3 Å². The Labute approximate surface area is 146 Å². The van der Waals surface area contributed by atoms with Gasteiger partial charge in [-0.3, -0.25) is 4.79 Å². The van der Waals surface area contributed by atoms with Gasteiger partial charge in [0.25, 0.3) is 0 Å². The van der Waals surface area contributed by atoms with Crippen LogP contribution in [0.4, 0.5) is 5.69 Å². The number of aryl methyl sites for hydroxylation is 1. The Morgan fingerprint density at radius 3 is 2.50 bits per heavy atom. The minimum absolute atomic E-state index is 0.271. The average Bonchev–Trinajstić information content (AvgIpc) is 2.57. The molecule has 1 aromatic rings. The highest BCUT2D eigenvalue weighted by Crippen LogP contribution is 2.23. The van der Waals surface area contributed by atoms with Crippen molar-refractivity contribution in [1.29, 1.82) is 0 Å². The second kappa shape index (κ2) is 9.04. The largest absolute Gasteiger partial charge is 0.368 e. The predicted molar refractivity (Wildman–Crippen MR) is 101 cm³/mol. The summed E-state index contributed by atoms with van der Waals surface area (Å²) in [6, 6.07) is 6.46. The van der Waals surface area contributed by atoms with Gasteiger partial charge < -0.3 is 20.0 Å². The van der Waals surface area contributed by atoms with Crippen LogP contribution in [0.2, 0.25) is 0 Å². The number of benzene rings is 1. The van der Waals surface area contributed by atoms with Crippen molar-refractivity contribution in [3.63, 3.8) is 0 Å². The van der Waals surface area contributed by atoms with Gasteiger partial charge in [-0.25, -0.2) is 0 Å². The van der Waals surface area contributed by atoms with Gasteiger partial charge in [0.2, 0.25) is 5.91 Å². The van der Waals surface area contributed by atoms with Crippen LogP contribution >= 0.6 is 0 Å². The van der Waals surface area contributed by atoms with E-state index in [1.54, 1.807) is 0 Å². The average molecular weight is 332 g/mol. The van der Waals surface area contributed by atoms with Crippen LogP contribution in [-0.2, 0) is 4.79 Å². The van der Waals surface area contributed by atoms with Gasteiger partial charge in [0, 0.05) is 57.9 Å². The summed E-state index contributed by atoms with van der Waals surface area (Å²) in [6.45, 7) is 10.5. The number of carbonyl (C=O) groups is 1. The van der Waals surface area contributed by atoms with E-state index in [1.807, 2.05) is 4.90 Å². The molecule has 1 aliphatic rings. The van der Waals surface area contributed by atoms with E-state index < -0.39 is 0 Å². The molecule has 0 spiro atoms. The number of hydrogen-bond acceptors (Lipinski definition) is 4. The molecule has 0 saturated carbocycles. The molecule has 0 bridgehead atoms. The zero-order chi connectivity index (χ0) is 17.5. The Bertz CT molecular complexity index is 536. The van der Waals surface area contributed by atoms with Gasteiger partial charge in [-0.05, 0) is 45.1 Å². The van der Waals surface area contributed by atoms with Crippen LogP contribution in [0.5, 0.6) is 0 Å². The topological polar surface area (TPSA) is 38.8 Å². The Morgan fingerprint density at radius 2 is 1.83 bits per heavy atom. The Kier molecular flexibility index (Phi) is 7.06. The van der Waals surface area contributed by atoms with Gasteiger partial charge in [0.15, 0.2) is 0 Å². The van der Waals surface area contributed by atoms with E-state index in [0.29, 0.717) is 6.42 Å². The van der Waals surface area contributed by atoms with Crippen LogP contribution in [0.1, 0.15) is 17.5 Å². The summed E-state index contributed by atoms with van der Waals surface area (Å²) >= 11 is 0. The number of nitrogens with zero attached hydrogens (tertiary/aromatic N) is 3. The molecular weight excluding hydrogens is 300 g/mol. The fourth-order valence-corrected chi connectivity index (χ4v) is 3.06. The molecular formula is C19H32N4O. The predicted octanol–water partition coefficient (Wildman–Crippen LogP) is 1.49. The van der Waals surface area contributed by atoms with E-state index in [2.05, 4.69) is 61.3 Å². The molecule has 1 fully saturated rings. The van der Waals surface area contributed by atoms with Crippen molar-refractivity contribution in [1.82, 2.24) is 15.1 Å². The van der Waals surface area contributed by atoms with E-state index in [9.17, 15) is 4.79 Å². The van der Waals surface area contributed by atoms with Crippen LogP contribution in [-0.4, -0.2) is 75.6 Å². The first-order valence-electron chi connectivity index (χ1n) is 8.93. The highest BCUT2D eigenvalue weighted by molar-refractivity contribution is 5.76. The summed E-state index contributed by atoms with van der Waals surface area (Å²) in [5.41, 5.74) is 3.99. The SMILES string of the molecule is Cc1cccc(N2CCN(C(=O)CCNCCN(C)C)CC2)c1C. The lowest BCUT2D eigenvalue weighted by Crippen LogP contribution is -2.49.